The zero-order chi connectivity index (χ0) is 15.0. The molecule has 0 aliphatic carbocycles. The Kier molecular flexibility index (Phi) is 18.9. The Morgan fingerprint density at radius 1 is 0.636 bits per heavy atom. The van der Waals surface area contributed by atoms with Gasteiger partial charge in [-0.1, -0.05) is 108 Å². The van der Waals surface area contributed by atoms with E-state index < -0.39 is 0 Å². The molecule has 121 valence electrons. The van der Waals surface area contributed by atoms with Gasteiger partial charge in [0, 0.05) is 0 Å². The molecule has 0 spiro atoms. The number of unbranched alkanes of at least 4 members (excludes halogenated alkanes) is 12. The molecule has 0 amide bonds. The molecule has 1 rings (SSSR count). The Morgan fingerprint density at radius 3 is 1.50 bits per heavy atom. The van der Waals surface area contributed by atoms with Gasteiger partial charge in [-0.05, 0) is 24.5 Å². The van der Waals surface area contributed by atoms with E-state index in [0.717, 1.165) is 0 Å². The molecular weight excluding hydrogens is 291 g/mol. The summed E-state index contributed by atoms with van der Waals surface area (Å²) in [6.45, 7) is 2.29. The van der Waals surface area contributed by atoms with Gasteiger partial charge < -0.3 is 0 Å². The average Bonchev–Trinajstić information content (AvgIpc) is 2.53. The van der Waals surface area contributed by atoms with Crippen LogP contribution in [0.3, 0.4) is 0 Å². The van der Waals surface area contributed by atoms with Crippen LogP contribution in [0, 0.1) is 6.07 Å². The summed E-state index contributed by atoms with van der Waals surface area (Å²) in [5.74, 6) is 0. The van der Waals surface area contributed by atoms with Crippen LogP contribution in [0.15, 0.2) is 24.3 Å². The summed E-state index contributed by atoms with van der Waals surface area (Å²) in [6.07, 6.45) is 19.9. The molecule has 1 aromatic carbocycles. The molecule has 1 radical (unpaired) electrons. The third-order valence-corrected chi connectivity index (χ3v) is 4.36. The second-order valence-corrected chi connectivity index (χ2v) is 6.40. The van der Waals surface area contributed by atoms with Gasteiger partial charge >= 0.3 is 51.4 Å². The molecule has 0 saturated heterocycles. The minimum absolute atomic E-state index is 0. The fraction of sp³-hybridized carbons (Fsp3) is 0.714. The Balaban J connectivity index is 0.00000441. The van der Waals surface area contributed by atoms with Gasteiger partial charge in [0.25, 0.3) is 0 Å². The first-order valence-corrected chi connectivity index (χ1v) is 9.38. The van der Waals surface area contributed by atoms with Crippen molar-refractivity contribution >= 4 is 51.4 Å². The second kappa shape index (κ2) is 18.2. The van der Waals surface area contributed by atoms with Crippen molar-refractivity contribution < 1.29 is 0 Å². The quantitative estimate of drug-likeness (QED) is 0.271. The average molecular weight is 328 g/mol. The van der Waals surface area contributed by atoms with E-state index in [-0.39, 0.29) is 51.4 Å². The third-order valence-electron chi connectivity index (χ3n) is 4.36. The van der Waals surface area contributed by atoms with E-state index in [0.29, 0.717) is 0 Å². The van der Waals surface area contributed by atoms with Gasteiger partial charge in [-0.15, -0.1) is 0 Å². The van der Waals surface area contributed by atoms with Crippen molar-refractivity contribution in [3.8, 4) is 0 Å². The molecule has 0 aliphatic rings. The zero-order valence-electron chi connectivity index (χ0n) is 14.2. The monoisotopic (exact) mass is 327 g/mol. The number of aryl methyl sites for hydroxylation is 1. The number of rotatable bonds is 14. The predicted octanol–water partition coefficient (Wildman–Crippen LogP) is 6.47. The summed E-state index contributed by atoms with van der Waals surface area (Å²) in [4.78, 5) is 0. The molecule has 0 heterocycles. The van der Waals surface area contributed by atoms with Crippen molar-refractivity contribution in [1.82, 2.24) is 0 Å². The molecular formula is C21H36K. The zero-order valence-corrected chi connectivity index (χ0v) is 14.2. The maximum atomic E-state index is 3.08. The first-order chi connectivity index (χ1) is 10.4. The summed E-state index contributed by atoms with van der Waals surface area (Å²) in [6, 6.07) is 11.5. The van der Waals surface area contributed by atoms with Gasteiger partial charge in [-0.2, -0.15) is 0 Å². The number of benzene rings is 1. The molecule has 0 unspecified atom stereocenters. The molecule has 0 aromatic heterocycles. The Labute approximate surface area is 182 Å². The van der Waals surface area contributed by atoms with Crippen molar-refractivity contribution in [1.29, 1.82) is 0 Å². The standard InChI is InChI=1S/C21H35.K.H/c1-2-3-4-5-6-7-8-9-10-11-12-13-15-18-21-19-16-14-17-20-21;;/h16-17,19-20H,2-13,15,18H2,1H3;;. The van der Waals surface area contributed by atoms with Crippen molar-refractivity contribution in [2.24, 2.45) is 0 Å². The van der Waals surface area contributed by atoms with Gasteiger partial charge in [-0.25, -0.2) is 0 Å². The number of hydrogen-bond donors (Lipinski definition) is 0. The Hall–Kier alpha value is 0.856. The molecule has 22 heavy (non-hydrogen) atoms. The minimum atomic E-state index is 0. The van der Waals surface area contributed by atoms with E-state index in [1.807, 2.05) is 12.1 Å². The van der Waals surface area contributed by atoms with Crippen LogP contribution in [0.5, 0.6) is 0 Å². The molecule has 0 N–H and O–H groups in total. The number of hydrogen-bond acceptors (Lipinski definition) is 0. The second-order valence-electron chi connectivity index (χ2n) is 6.40. The van der Waals surface area contributed by atoms with Crippen LogP contribution in [0.2, 0.25) is 0 Å². The predicted molar refractivity (Wildman–Crippen MR) is 102 cm³/mol. The topological polar surface area (TPSA) is 0 Å². The molecule has 0 nitrogen and oxygen atoms in total. The molecule has 1 aromatic rings. The van der Waals surface area contributed by atoms with Crippen LogP contribution in [0.1, 0.15) is 96.0 Å². The SMILES string of the molecule is CCCCCCCCCCCCCCCc1cc[c]cc1.[KH]. The van der Waals surface area contributed by atoms with E-state index in [4.69, 9.17) is 0 Å². The van der Waals surface area contributed by atoms with Crippen molar-refractivity contribution in [3.63, 3.8) is 0 Å². The first-order valence-electron chi connectivity index (χ1n) is 9.38. The van der Waals surface area contributed by atoms with Gasteiger partial charge in [0.05, 0.1) is 0 Å². The van der Waals surface area contributed by atoms with Gasteiger partial charge in [0.15, 0.2) is 0 Å². The van der Waals surface area contributed by atoms with Crippen molar-refractivity contribution in [2.75, 3.05) is 0 Å². The van der Waals surface area contributed by atoms with Crippen LogP contribution in [-0.2, 0) is 6.42 Å². The summed E-state index contributed by atoms with van der Waals surface area (Å²) < 4.78 is 0. The van der Waals surface area contributed by atoms with Gasteiger partial charge in [0.1, 0.15) is 0 Å². The first kappa shape index (κ1) is 22.9. The summed E-state index contributed by atoms with van der Waals surface area (Å²) in [7, 11) is 0. The van der Waals surface area contributed by atoms with E-state index in [2.05, 4.69) is 25.1 Å². The fourth-order valence-electron chi connectivity index (χ4n) is 2.93. The van der Waals surface area contributed by atoms with Gasteiger partial charge in [-0.3, -0.25) is 0 Å². The molecule has 0 saturated carbocycles. The van der Waals surface area contributed by atoms with Crippen LogP contribution >= 0.6 is 0 Å². The summed E-state index contributed by atoms with van der Waals surface area (Å²) in [5, 5.41) is 0. The Bertz CT molecular complexity index is 307. The van der Waals surface area contributed by atoms with Crippen LogP contribution in [-0.4, -0.2) is 51.4 Å². The third kappa shape index (κ3) is 14.4. The van der Waals surface area contributed by atoms with Crippen LogP contribution in [0.25, 0.3) is 0 Å². The molecule has 0 bridgehead atoms. The van der Waals surface area contributed by atoms with E-state index in [1.54, 1.807) is 0 Å². The fourth-order valence-corrected chi connectivity index (χ4v) is 2.93. The normalized spacial score (nSPS) is 10.4. The van der Waals surface area contributed by atoms with Gasteiger partial charge in [0.2, 0.25) is 0 Å². The summed E-state index contributed by atoms with van der Waals surface area (Å²) >= 11 is 0. The maximum absolute atomic E-state index is 3.08. The molecule has 1 heteroatoms. The summed E-state index contributed by atoms with van der Waals surface area (Å²) in [5.41, 5.74) is 1.47. The van der Waals surface area contributed by atoms with Crippen LogP contribution < -0.4 is 0 Å². The van der Waals surface area contributed by atoms with E-state index in [1.165, 1.54) is 95.5 Å². The molecule has 0 atom stereocenters. The van der Waals surface area contributed by atoms with E-state index >= 15 is 0 Å². The van der Waals surface area contributed by atoms with Crippen molar-refractivity contribution in [3.05, 3.63) is 35.9 Å². The Morgan fingerprint density at radius 2 is 1.05 bits per heavy atom. The van der Waals surface area contributed by atoms with E-state index in [9.17, 15) is 0 Å². The van der Waals surface area contributed by atoms with Crippen molar-refractivity contribution in [2.45, 2.75) is 96.8 Å². The molecule has 0 aliphatic heterocycles. The van der Waals surface area contributed by atoms with Crippen LogP contribution in [0.4, 0.5) is 0 Å². The molecule has 0 fully saturated rings.